The lowest BCUT2D eigenvalue weighted by atomic mass is 10.1. The summed E-state index contributed by atoms with van der Waals surface area (Å²) in [5.74, 6) is 2.34. The highest BCUT2D eigenvalue weighted by Crippen LogP contribution is 2.27. The first-order valence-electron chi connectivity index (χ1n) is 10.3. The number of unbranched alkanes of at least 4 members (excludes halogenated alkanes) is 1. The highest BCUT2D eigenvalue weighted by molar-refractivity contribution is 14.0. The minimum atomic E-state index is 0. The normalized spacial score (nSPS) is 10.9. The average Bonchev–Trinajstić information content (AvgIpc) is 2.76. The van der Waals surface area contributed by atoms with Crippen molar-refractivity contribution in [1.29, 1.82) is 0 Å². The average molecular weight is 542 g/mol. The molecule has 0 unspecified atom stereocenters. The number of halogens is 1. The quantitative estimate of drug-likeness (QED) is 0.216. The monoisotopic (exact) mass is 542 g/mol. The van der Waals surface area contributed by atoms with E-state index in [0.717, 1.165) is 62.0 Å². The van der Waals surface area contributed by atoms with Crippen molar-refractivity contribution < 1.29 is 9.47 Å². The number of rotatable bonds is 10. The van der Waals surface area contributed by atoms with Gasteiger partial charge in [-0.15, -0.1) is 24.0 Å². The number of nitrogens with zero attached hydrogens (tertiary/aromatic N) is 3. The molecule has 0 saturated heterocycles. The summed E-state index contributed by atoms with van der Waals surface area (Å²) in [4.78, 5) is 18.4. The van der Waals surface area contributed by atoms with E-state index < -0.39 is 0 Å². The van der Waals surface area contributed by atoms with Crippen molar-refractivity contribution in [3.8, 4) is 11.5 Å². The topological polar surface area (TPSA) is 68.1 Å². The Morgan fingerprint density at radius 2 is 1.87 bits per heavy atom. The Morgan fingerprint density at radius 1 is 1.13 bits per heavy atom. The van der Waals surface area contributed by atoms with Gasteiger partial charge in [0.1, 0.15) is 0 Å². The molecule has 0 fully saturated rings. The van der Waals surface area contributed by atoms with Crippen molar-refractivity contribution in [2.75, 3.05) is 41.4 Å². The third-order valence-electron chi connectivity index (χ3n) is 5.12. The van der Waals surface area contributed by atoms with Crippen LogP contribution in [0, 0.1) is 6.92 Å². The number of nitrogens with one attached hydrogen (secondary N) is 1. The fourth-order valence-electron chi connectivity index (χ4n) is 3.33. The molecule has 0 aliphatic carbocycles. The molecule has 0 aliphatic rings. The van der Waals surface area contributed by atoms with E-state index in [1.165, 1.54) is 5.56 Å². The molecule has 7 nitrogen and oxygen atoms in total. The zero-order valence-electron chi connectivity index (χ0n) is 19.2. The lowest BCUT2D eigenvalue weighted by molar-refractivity contribution is 0.354. The number of guanidine groups is 1. The fraction of sp³-hybridized carbons (Fsp3) is 0.478. The van der Waals surface area contributed by atoms with E-state index in [-0.39, 0.29) is 29.5 Å². The van der Waals surface area contributed by atoms with Crippen LogP contribution < -0.4 is 20.3 Å². The van der Waals surface area contributed by atoms with Gasteiger partial charge in [0.15, 0.2) is 17.5 Å². The lowest BCUT2D eigenvalue weighted by Gasteiger charge is -2.22. The van der Waals surface area contributed by atoms with Crippen molar-refractivity contribution >= 4 is 29.9 Å². The summed E-state index contributed by atoms with van der Waals surface area (Å²) in [6, 6.07) is 11.4. The van der Waals surface area contributed by atoms with Gasteiger partial charge in [-0.2, -0.15) is 0 Å². The molecule has 0 aliphatic heterocycles. The number of hydrogen-bond donors (Lipinski definition) is 1. The molecule has 8 heteroatoms. The number of aryl methyl sites for hydroxylation is 1. The third-order valence-corrected chi connectivity index (χ3v) is 5.12. The van der Waals surface area contributed by atoms with Gasteiger partial charge in [0.05, 0.1) is 14.2 Å². The molecule has 172 valence electrons. The van der Waals surface area contributed by atoms with E-state index in [9.17, 15) is 4.79 Å². The van der Waals surface area contributed by atoms with Crippen molar-refractivity contribution in [2.45, 2.75) is 32.7 Å². The van der Waals surface area contributed by atoms with E-state index in [0.29, 0.717) is 0 Å². The Labute approximate surface area is 202 Å². The van der Waals surface area contributed by atoms with E-state index in [1.807, 2.05) is 36.7 Å². The van der Waals surface area contributed by atoms with Crippen LogP contribution in [0.2, 0.25) is 0 Å². The number of hydrogen-bond acceptors (Lipinski definition) is 4. The maximum absolute atomic E-state index is 11.9. The Hall–Kier alpha value is -2.23. The Kier molecular flexibility index (Phi) is 12.1. The maximum Gasteiger partial charge on any atom is 0.250 e. The van der Waals surface area contributed by atoms with Crippen LogP contribution in [0.1, 0.15) is 24.1 Å². The van der Waals surface area contributed by atoms with Crippen molar-refractivity contribution in [3.63, 3.8) is 0 Å². The van der Waals surface area contributed by atoms with Crippen molar-refractivity contribution in [1.82, 2.24) is 14.8 Å². The Balaban J connectivity index is 0.00000480. The summed E-state index contributed by atoms with van der Waals surface area (Å²) in [6.45, 7) is 4.34. The molecule has 0 bridgehead atoms. The summed E-state index contributed by atoms with van der Waals surface area (Å²) in [5, 5.41) is 3.41. The van der Waals surface area contributed by atoms with Gasteiger partial charge in [0, 0.05) is 45.5 Å². The standard InChI is InChI=1S/C23H34N4O3.HI/c1-18-9-8-10-22(28)27(18)15-7-6-14-25-23(24-2)26(3)16-13-19-11-12-20(29-4)21(17-19)30-5;/h8-12,17H,6-7,13-16H2,1-5H3,(H,24,25);1H. The molecule has 1 N–H and O–H groups in total. The Morgan fingerprint density at radius 3 is 2.52 bits per heavy atom. The lowest BCUT2D eigenvalue weighted by Crippen LogP contribution is -2.40. The van der Waals surface area contributed by atoms with Crippen LogP contribution in [0.15, 0.2) is 46.2 Å². The summed E-state index contributed by atoms with van der Waals surface area (Å²) in [7, 11) is 7.11. The molecule has 0 spiro atoms. The van der Waals surface area contributed by atoms with E-state index in [1.54, 1.807) is 33.4 Å². The van der Waals surface area contributed by atoms with Gasteiger partial charge in [0.25, 0.3) is 5.56 Å². The zero-order valence-corrected chi connectivity index (χ0v) is 21.5. The van der Waals surface area contributed by atoms with Gasteiger partial charge in [0.2, 0.25) is 0 Å². The van der Waals surface area contributed by atoms with Crippen LogP contribution in [0.4, 0.5) is 0 Å². The Bertz CT molecular complexity index is 899. The summed E-state index contributed by atoms with van der Waals surface area (Å²) < 4.78 is 12.5. The van der Waals surface area contributed by atoms with Gasteiger partial charge in [-0.05, 0) is 49.9 Å². The second-order valence-electron chi connectivity index (χ2n) is 7.20. The van der Waals surface area contributed by atoms with Crippen LogP contribution in [-0.2, 0) is 13.0 Å². The molecule has 1 aromatic carbocycles. The van der Waals surface area contributed by atoms with Gasteiger partial charge < -0.3 is 24.3 Å². The molecule has 1 aromatic heterocycles. The van der Waals surface area contributed by atoms with E-state index >= 15 is 0 Å². The molecule has 2 aromatic rings. The first-order valence-corrected chi connectivity index (χ1v) is 10.3. The van der Waals surface area contributed by atoms with Crippen molar-refractivity contribution in [2.24, 2.45) is 4.99 Å². The van der Waals surface area contributed by atoms with Gasteiger partial charge in [-0.3, -0.25) is 9.79 Å². The molecule has 0 amide bonds. The largest absolute Gasteiger partial charge is 0.493 e. The number of pyridine rings is 1. The predicted molar refractivity (Wildman–Crippen MR) is 137 cm³/mol. The minimum Gasteiger partial charge on any atom is -0.493 e. The molecule has 1 heterocycles. The summed E-state index contributed by atoms with van der Waals surface area (Å²) in [5.41, 5.74) is 2.24. The first-order chi connectivity index (χ1) is 14.5. The van der Waals surface area contributed by atoms with Gasteiger partial charge in [-0.25, -0.2) is 0 Å². The minimum absolute atomic E-state index is 0. The molecule has 31 heavy (non-hydrogen) atoms. The highest BCUT2D eigenvalue weighted by Gasteiger charge is 2.08. The summed E-state index contributed by atoms with van der Waals surface area (Å²) >= 11 is 0. The van der Waals surface area contributed by atoms with Crippen LogP contribution in [0.25, 0.3) is 0 Å². The van der Waals surface area contributed by atoms with Crippen molar-refractivity contribution in [3.05, 3.63) is 58.0 Å². The fourth-order valence-corrected chi connectivity index (χ4v) is 3.33. The number of benzene rings is 1. The molecular weight excluding hydrogens is 507 g/mol. The maximum atomic E-state index is 11.9. The predicted octanol–water partition coefficient (Wildman–Crippen LogP) is 3.32. The van der Waals surface area contributed by atoms with Crippen LogP contribution in [0.3, 0.4) is 0 Å². The van der Waals surface area contributed by atoms with E-state index in [2.05, 4.69) is 21.3 Å². The van der Waals surface area contributed by atoms with E-state index in [4.69, 9.17) is 9.47 Å². The number of methoxy groups -OCH3 is 2. The van der Waals surface area contributed by atoms with Crippen LogP contribution in [0.5, 0.6) is 11.5 Å². The molecule has 2 rings (SSSR count). The van der Waals surface area contributed by atoms with Crippen LogP contribution >= 0.6 is 24.0 Å². The zero-order chi connectivity index (χ0) is 21.9. The number of aliphatic imine (C=N–C) groups is 1. The molecular formula is C23H35IN4O3. The van der Waals surface area contributed by atoms with Gasteiger partial charge in [-0.1, -0.05) is 12.1 Å². The van der Waals surface area contributed by atoms with Crippen LogP contribution in [-0.4, -0.2) is 56.8 Å². The van der Waals surface area contributed by atoms with Gasteiger partial charge >= 0.3 is 0 Å². The molecule has 0 saturated carbocycles. The summed E-state index contributed by atoms with van der Waals surface area (Å²) in [6.07, 6.45) is 2.77. The number of likely N-dealkylation sites (N-methyl/N-ethyl adjacent to an activating group) is 1. The number of ether oxygens (including phenoxy) is 2. The molecule has 0 radical (unpaired) electrons. The second-order valence-corrected chi connectivity index (χ2v) is 7.20. The third kappa shape index (κ3) is 8.08. The molecule has 0 atom stereocenters. The highest BCUT2D eigenvalue weighted by atomic mass is 127. The smallest absolute Gasteiger partial charge is 0.250 e. The number of aromatic nitrogens is 1. The second kappa shape index (κ2) is 14.0. The SMILES string of the molecule is CN=C(NCCCCn1c(C)cccc1=O)N(C)CCc1ccc(OC)c(OC)c1.I. The first kappa shape index (κ1) is 26.8.